The van der Waals surface area contributed by atoms with E-state index < -0.39 is 0 Å². The molecule has 0 atom stereocenters. The second kappa shape index (κ2) is 14.7. The summed E-state index contributed by atoms with van der Waals surface area (Å²) in [7, 11) is 0. The first-order chi connectivity index (χ1) is 24.5. The fraction of sp³-hybridized carbons (Fsp3) is 0.0435. The van der Waals surface area contributed by atoms with E-state index in [1.807, 2.05) is 146 Å². The minimum Gasteiger partial charge on any atom is -0.457 e. The monoisotopic (exact) mass is 650 g/mol. The van der Waals surface area contributed by atoms with Gasteiger partial charge in [-0.1, -0.05) is 109 Å². The molecule has 0 aliphatic rings. The zero-order valence-corrected chi connectivity index (χ0v) is 27.6. The maximum Gasteiger partial charge on any atom is 0.193 e. The van der Waals surface area contributed by atoms with Gasteiger partial charge in [-0.15, -0.1) is 0 Å². The van der Waals surface area contributed by atoms with Gasteiger partial charge in [-0.2, -0.15) is 0 Å². The molecule has 0 bridgehead atoms. The van der Waals surface area contributed by atoms with Gasteiger partial charge in [-0.3, -0.25) is 9.59 Å². The van der Waals surface area contributed by atoms with E-state index in [9.17, 15) is 9.59 Å². The Morgan fingerprint density at radius 2 is 0.700 bits per heavy atom. The highest BCUT2D eigenvalue weighted by atomic mass is 16.5. The summed E-state index contributed by atoms with van der Waals surface area (Å²) in [5.74, 6) is 2.68. The van der Waals surface area contributed by atoms with Gasteiger partial charge in [0.25, 0.3) is 0 Å². The van der Waals surface area contributed by atoms with Crippen molar-refractivity contribution in [3.05, 3.63) is 215 Å². The molecular formula is C46H34O4. The molecule has 50 heavy (non-hydrogen) atoms. The average Bonchev–Trinajstić information content (AvgIpc) is 3.17. The van der Waals surface area contributed by atoms with Crippen LogP contribution < -0.4 is 9.47 Å². The molecule has 7 rings (SSSR count). The van der Waals surface area contributed by atoms with E-state index in [4.69, 9.17) is 9.47 Å². The molecule has 7 aromatic carbocycles. The van der Waals surface area contributed by atoms with E-state index in [-0.39, 0.29) is 11.6 Å². The number of carbonyl (C=O) groups is 2. The van der Waals surface area contributed by atoms with E-state index in [0.29, 0.717) is 45.3 Å². The van der Waals surface area contributed by atoms with Gasteiger partial charge in [0, 0.05) is 22.3 Å². The largest absolute Gasteiger partial charge is 0.457 e. The predicted molar refractivity (Wildman–Crippen MR) is 199 cm³/mol. The molecular weight excluding hydrogens is 617 g/mol. The molecule has 0 fully saturated rings. The van der Waals surface area contributed by atoms with Crippen LogP contribution in [0, 0.1) is 6.92 Å². The fourth-order valence-corrected chi connectivity index (χ4v) is 5.70. The lowest BCUT2D eigenvalue weighted by Gasteiger charge is -2.10. The zero-order valence-electron chi connectivity index (χ0n) is 27.6. The predicted octanol–water partition coefficient (Wildman–Crippen LogP) is 11.3. The molecule has 4 nitrogen and oxygen atoms in total. The first-order valence-electron chi connectivity index (χ1n) is 16.5. The quantitative estimate of drug-likeness (QED) is 0.131. The Balaban J connectivity index is 0.923. The Hall–Kier alpha value is -6.52. The zero-order chi connectivity index (χ0) is 34.3. The summed E-state index contributed by atoms with van der Waals surface area (Å²) in [4.78, 5) is 25.9. The summed E-state index contributed by atoms with van der Waals surface area (Å²) in [6.45, 7) is 2.00. The molecule has 0 aliphatic heterocycles. The van der Waals surface area contributed by atoms with Crippen LogP contribution in [0.4, 0.5) is 0 Å². The molecule has 0 saturated heterocycles. The number of ketones is 2. The van der Waals surface area contributed by atoms with Crippen LogP contribution in [0.1, 0.15) is 48.5 Å². The highest BCUT2D eigenvalue weighted by Crippen LogP contribution is 2.29. The summed E-state index contributed by atoms with van der Waals surface area (Å²) in [6, 6.07) is 55.8. The number of rotatable bonds is 11. The van der Waals surface area contributed by atoms with Crippen LogP contribution in [-0.2, 0) is 6.42 Å². The number of carbonyl (C=O) groups excluding carboxylic acids is 2. The first kappa shape index (κ1) is 32.0. The average molecular weight is 651 g/mol. The second-order valence-corrected chi connectivity index (χ2v) is 12.2. The van der Waals surface area contributed by atoms with Crippen LogP contribution >= 0.6 is 0 Å². The lowest BCUT2D eigenvalue weighted by atomic mass is 9.99. The van der Waals surface area contributed by atoms with Crippen molar-refractivity contribution in [3.63, 3.8) is 0 Å². The molecule has 0 N–H and O–H groups in total. The number of benzene rings is 7. The topological polar surface area (TPSA) is 52.6 Å². The molecule has 4 heteroatoms. The number of ether oxygens (including phenoxy) is 2. The van der Waals surface area contributed by atoms with E-state index >= 15 is 0 Å². The molecule has 0 radical (unpaired) electrons. The van der Waals surface area contributed by atoms with E-state index in [1.165, 1.54) is 11.1 Å². The SMILES string of the molecule is Cc1ccc(C(=O)c2ccc(Oc3ccc(-c4ccc(Oc5ccc(C(=O)c6ccc(Cc7ccccc7)cc6)cc5)cc4)cc3)cc2)cc1. The Morgan fingerprint density at radius 3 is 1.10 bits per heavy atom. The Labute approximate surface area is 292 Å². The maximum absolute atomic E-state index is 13.1. The molecule has 0 saturated carbocycles. The molecule has 0 unspecified atom stereocenters. The minimum atomic E-state index is -0.0214. The van der Waals surface area contributed by atoms with Gasteiger partial charge in [-0.05, 0) is 108 Å². The molecule has 0 heterocycles. The number of hydrogen-bond donors (Lipinski definition) is 0. The number of aryl methyl sites for hydroxylation is 1. The first-order valence-corrected chi connectivity index (χ1v) is 16.5. The van der Waals surface area contributed by atoms with Gasteiger partial charge in [0.1, 0.15) is 23.0 Å². The summed E-state index contributed by atoms with van der Waals surface area (Å²) < 4.78 is 12.1. The van der Waals surface area contributed by atoms with Crippen LogP contribution in [-0.4, -0.2) is 11.6 Å². The minimum absolute atomic E-state index is 0.0147. The van der Waals surface area contributed by atoms with Crippen LogP contribution in [0.15, 0.2) is 176 Å². The van der Waals surface area contributed by atoms with Crippen LogP contribution in [0.2, 0.25) is 0 Å². The van der Waals surface area contributed by atoms with Crippen molar-refractivity contribution in [2.24, 2.45) is 0 Å². The third-order valence-corrected chi connectivity index (χ3v) is 8.53. The van der Waals surface area contributed by atoms with Gasteiger partial charge in [-0.25, -0.2) is 0 Å². The summed E-state index contributed by atoms with van der Waals surface area (Å²) in [5.41, 5.74) is 8.16. The van der Waals surface area contributed by atoms with Gasteiger partial charge in [0.2, 0.25) is 0 Å². The maximum atomic E-state index is 13.1. The van der Waals surface area contributed by atoms with E-state index in [1.54, 1.807) is 24.3 Å². The van der Waals surface area contributed by atoms with Crippen LogP contribution in [0.5, 0.6) is 23.0 Å². The smallest absolute Gasteiger partial charge is 0.193 e. The standard InChI is InChI=1S/C46H34O4/c1-32-7-11-37(12-8-32)45(47)39-19-27-43(28-20-39)49-41-23-15-35(16-24-41)36-17-25-42(26-18-36)50-44-29-21-40(22-30-44)46(48)38-13-9-34(10-14-38)31-33-5-3-2-4-6-33/h2-30H,31H2,1H3. The van der Waals surface area contributed by atoms with Crippen molar-refractivity contribution in [2.45, 2.75) is 13.3 Å². The molecule has 0 aromatic heterocycles. The Morgan fingerprint density at radius 1 is 0.380 bits per heavy atom. The third kappa shape index (κ3) is 7.78. The van der Waals surface area contributed by atoms with Crippen LogP contribution in [0.25, 0.3) is 11.1 Å². The van der Waals surface area contributed by atoms with Crippen molar-refractivity contribution in [1.82, 2.24) is 0 Å². The van der Waals surface area contributed by atoms with Crippen molar-refractivity contribution >= 4 is 11.6 Å². The molecule has 0 amide bonds. The van der Waals surface area contributed by atoms with E-state index in [2.05, 4.69) is 12.1 Å². The molecule has 0 spiro atoms. The van der Waals surface area contributed by atoms with Gasteiger partial charge >= 0.3 is 0 Å². The van der Waals surface area contributed by atoms with Crippen molar-refractivity contribution in [3.8, 4) is 34.1 Å². The summed E-state index contributed by atoms with van der Waals surface area (Å²) in [6.07, 6.45) is 0.834. The summed E-state index contributed by atoms with van der Waals surface area (Å²) >= 11 is 0. The van der Waals surface area contributed by atoms with Gasteiger partial charge in [0.15, 0.2) is 11.6 Å². The highest BCUT2D eigenvalue weighted by molar-refractivity contribution is 6.09. The van der Waals surface area contributed by atoms with Crippen LogP contribution in [0.3, 0.4) is 0 Å². The molecule has 0 aliphatic carbocycles. The lowest BCUT2D eigenvalue weighted by molar-refractivity contribution is 0.103. The van der Waals surface area contributed by atoms with E-state index in [0.717, 1.165) is 23.1 Å². The van der Waals surface area contributed by atoms with Crippen molar-refractivity contribution in [2.75, 3.05) is 0 Å². The normalized spacial score (nSPS) is 10.7. The summed E-state index contributed by atoms with van der Waals surface area (Å²) in [5, 5.41) is 0. The molecule has 242 valence electrons. The molecule has 7 aromatic rings. The van der Waals surface area contributed by atoms with Crippen molar-refractivity contribution in [1.29, 1.82) is 0 Å². The highest BCUT2D eigenvalue weighted by Gasteiger charge is 2.11. The van der Waals surface area contributed by atoms with Gasteiger partial charge in [0.05, 0.1) is 0 Å². The fourth-order valence-electron chi connectivity index (χ4n) is 5.70. The third-order valence-electron chi connectivity index (χ3n) is 8.53. The number of hydrogen-bond acceptors (Lipinski definition) is 4. The second-order valence-electron chi connectivity index (χ2n) is 12.2. The Bertz CT molecular complexity index is 2200. The Kier molecular flexibility index (Phi) is 9.43. The van der Waals surface area contributed by atoms with Crippen molar-refractivity contribution < 1.29 is 19.1 Å². The van der Waals surface area contributed by atoms with Gasteiger partial charge < -0.3 is 9.47 Å². The lowest BCUT2D eigenvalue weighted by Crippen LogP contribution is -2.01.